The maximum absolute atomic E-state index is 12.2. The van der Waals surface area contributed by atoms with Crippen LogP contribution in [0.25, 0.3) is 0 Å². The maximum Gasteiger partial charge on any atom is 0.243 e. The molecule has 2 rings (SSSR count). The average Bonchev–Trinajstić information content (AvgIpc) is 2.47. The van der Waals surface area contributed by atoms with Gasteiger partial charge < -0.3 is 15.0 Å². The first-order valence-corrected chi connectivity index (χ1v) is 8.24. The number of piperazine rings is 1. The lowest BCUT2D eigenvalue weighted by Gasteiger charge is -2.40. The fourth-order valence-corrected chi connectivity index (χ4v) is 3.33. The number of ether oxygens (including phenoxy) is 1. The highest BCUT2D eigenvalue weighted by molar-refractivity contribution is 5.95. The summed E-state index contributed by atoms with van der Waals surface area (Å²) < 4.78 is 5.59. The number of hydrogen-bond acceptors (Lipinski definition) is 3. The number of nitrogens with one attached hydrogen (secondary N) is 1. The van der Waals surface area contributed by atoms with Crippen LogP contribution >= 0.6 is 0 Å². The zero-order valence-electron chi connectivity index (χ0n) is 13.3. The molecule has 1 saturated carbocycles. The predicted molar refractivity (Wildman–Crippen MR) is 80.7 cm³/mol. The van der Waals surface area contributed by atoms with Gasteiger partial charge in [0.15, 0.2) is 0 Å². The molecule has 0 aromatic carbocycles. The number of hydrogen-bond donors (Lipinski definition) is 1. The highest BCUT2D eigenvalue weighted by atomic mass is 16.5. The minimum atomic E-state index is -0.283. The van der Waals surface area contributed by atoms with Gasteiger partial charge >= 0.3 is 0 Å². The predicted octanol–water partition coefficient (Wildman–Crippen LogP) is 1.57. The zero-order chi connectivity index (χ0) is 15.2. The van der Waals surface area contributed by atoms with E-state index in [0.717, 1.165) is 12.8 Å². The molecule has 120 valence electrons. The van der Waals surface area contributed by atoms with Gasteiger partial charge in [-0.1, -0.05) is 33.1 Å². The minimum absolute atomic E-state index is 0.0189. The summed E-state index contributed by atoms with van der Waals surface area (Å²) in [6, 6.07) is -0.283. The van der Waals surface area contributed by atoms with Crippen LogP contribution in [0.3, 0.4) is 0 Å². The van der Waals surface area contributed by atoms with E-state index in [-0.39, 0.29) is 24.4 Å². The second kappa shape index (κ2) is 7.78. The summed E-state index contributed by atoms with van der Waals surface area (Å²) in [5, 5.41) is 2.75. The summed E-state index contributed by atoms with van der Waals surface area (Å²) in [7, 11) is 0. The number of nitrogens with zero attached hydrogens (tertiary/aromatic N) is 1. The van der Waals surface area contributed by atoms with Gasteiger partial charge in [-0.3, -0.25) is 9.59 Å². The van der Waals surface area contributed by atoms with Crippen molar-refractivity contribution in [3.05, 3.63) is 0 Å². The Labute approximate surface area is 127 Å². The second-order valence-corrected chi connectivity index (χ2v) is 6.62. The summed E-state index contributed by atoms with van der Waals surface area (Å²) >= 11 is 0. The summed E-state index contributed by atoms with van der Waals surface area (Å²) in [5.74, 6) is 0.844. The molecule has 0 spiro atoms. The van der Waals surface area contributed by atoms with Gasteiger partial charge in [0.2, 0.25) is 11.8 Å². The van der Waals surface area contributed by atoms with E-state index in [1.807, 2.05) is 0 Å². The van der Waals surface area contributed by atoms with Crippen molar-refractivity contribution in [1.29, 1.82) is 0 Å². The van der Waals surface area contributed by atoms with Crippen LogP contribution in [0.1, 0.15) is 46.0 Å². The van der Waals surface area contributed by atoms with E-state index < -0.39 is 0 Å². The van der Waals surface area contributed by atoms with Gasteiger partial charge in [-0.2, -0.15) is 0 Å². The van der Waals surface area contributed by atoms with E-state index in [4.69, 9.17) is 4.74 Å². The van der Waals surface area contributed by atoms with Gasteiger partial charge in [-0.15, -0.1) is 0 Å². The molecule has 21 heavy (non-hydrogen) atoms. The van der Waals surface area contributed by atoms with Crippen molar-refractivity contribution in [2.45, 2.75) is 52.0 Å². The zero-order valence-corrected chi connectivity index (χ0v) is 13.3. The van der Waals surface area contributed by atoms with Crippen LogP contribution in [-0.2, 0) is 14.3 Å². The van der Waals surface area contributed by atoms with E-state index in [9.17, 15) is 9.59 Å². The summed E-state index contributed by atoms with van der Waals surface area (Å²) in [6.07, 6.45) is 5.68. The second-order valence-electron chi connectivity index (χ2n) is 6.62. The van der Waals surface area contributed by atoms with Gasteiger partial charge in [0.25, 0.3) is 0 Å². The molecule has 1 unspecified atom stereocenters. The molecule has 1 aliphatic heterocycles. The van der Waals surface area contributed by atoms with Gasteiger partial charge in [0.1, 0.15) is 6.04 Å². The highest BCUT2D eigenvalue weighted by Crippen LogP contribution is 2.30. The van der Waals surface area contributed by atoms with Gasteiger partial charge in [0, 0.05) is 13.2 Å². The minimum Gasteiger partial charge on any atom is -0.379 e. The number of carbonyl (C=O) groups excluding carboxylic acids is 2. The summed E-state index contributed by atoms with van der Waals surface area (Å²) in [4.78, 5) is 26.2. The van der Waals surface area contributed by atoms with E-state index in [2.05, 4.69) is 19.2 Å². The molecule has 2 fully saturated rings. The average molecular weight is 296 g/mol. The van der Waals surface area contributed by atoms with E-state index in [0.29, 0.717) is 31.6 Å². The smallest absolute Gasteiger partial charge is 0.243 e. The van der Waals surface area contributed by atoms with E-state index in [1.165, 1.54) is 19.3 Å². The van der Waals surface area contributed by atoms with Crippen LogP contribution in [0.2, 0.25) is 0 Å². The lowest BCUT2D eigenvalue weighted by molar-refractivity contribution is -0.149. The van der Waals surface area contributed by atoms with Crippen LogP contribution in [0.15, 0.2) is 0 Å². The van der Waals surface area contributed by atoms with Crippen LogP contribution < -0.4 is 5.32 Å². The van der Waals surface area contributed by atoms with Crippen molar-refractivity contribution in [3.8, 4) is 0 Å². The Hall–Kier alpha value is -1.10. The van der Waals surface area contributed by atoms with Crippen LogP contribution in [0.4, 0.5) is 0 Å². The number of amides is 2. The molecule has 2 aliphatic rings. The lowest BCUT2D eigenvalue weighted by atomic mass is 9.82. The van der Waals surface area contributed by atoms with Crippen LogP contribution in [0, 0.1) is 11.8 Å². The fraction of sp³-hybridized carbons (Fsp3) is 0.875. The quantitative estimate of drug-likeness (QED) is 0.757. The summed E-state index contributed by atoms with van der Waals surface area (Å²) in [5.41, 5.74) is 0. The van der Waals surface area contributed by atoms with Crippen molar-refractivity contribution >= 4 is 11.8 Å². The fourth-order valence-electron chi connectivity index (χ4n) is 3.33. The SMILES string of the molecule is CC(C)COCCN1C(=O)CNC(=O)C1C1CCCCC1. The third kappa shape index (κ3) is 4.43. The Morgan fingerprint density at radius 1 is 1.24 bits per heavy atom. The molecule has 1 aliphatic carbocycles. The van der Waals surface area contributed by atoms with Crippen LogP contribution in [-0.4, -0.2) is 49.1 Å². The molecular weight excluding hydrogens is 268 g/mol. The normalized spacial score (nSPS) is 24.5. The summed E-state index contributed by atoms with van der Waals surface area (Å²) in [6.45, 7) is 6.07. The van der Waals surface area contributed by atoms with Crippen molar-refractivity contribution < 1.29 is 14.3 Å². The Balaban J connectivity index is 1.94. The third-order valence-corrected chi connectivity index (χ3v) is 4.36. The first-order valence-electron chi connectivity index (χ1n) is 8.24. The standard InChI is InChI=1S/C16H28N2O3/c1-12(2)11-21-9-8-18-14(19)10-17-16(20)15(18)13-6-4-3-5-7-13/h12-13,15H,3-11H2,1-2H3,(H,17,20). The van der Waals surface area contributed by atoms with Crippen molar-refractivity contribution in [2.75, 3.05) is 26.3 Å². The molecular formula is C16H28N2O3. The van der Waals surface area contributed by atoms with Crippen molar-refractivity contribution in [2.24, 2.45) is 11.8 Å². The Kier molecular flexibility index (Phi) is 6.03. The lowest BCUT2D eigenvalue weighted by Crippen LogP contribution is -2.61. The molecule has 2 amide bonds. The van der Waals surface area contributed by atoms with Gasteiger partial charge in [-0.05, 0) is 24.7 Å². The van der Waals surface area contributed by atoms with Gasteiger partial charge in [0.05, 0.1) is 13.2 Å². The van der Waals surface area contributed by atoms with Crippen LogP contribution in [0.5, 0.6) is 0 Å². The molecule has 1 saturated heterocycles. The molecule has 1 heterocycles. The van der Waals surface area contributed by atoms with E-state index in [1.54, 1.807) is 4.90 Å². The van der Waals surface area contributed by atoms with Gasteiger partial charge in [-0.25, -0.2) is 0 Å². The molecule has 1 atom stereocenters. The number of rotatable bonds is 6. The van der Waals surface area contributed by atoms with E-state index >= 15 is 0 Å². The molecule has 0 radical (unpaired) electrons. The molecule has 1 N–H and O–H groups in total. The molecule has 0 bridgehead atoms. The van der Waals surface area contributed by atoms with Crippen molar-refractivity contribution in [3.63, 3.8) is 0 Å². The Morgan fingerprint density at radius 3 is 2.62 bits per heavy atom. The third-order valence-electron chi connectivity index (χ3n) is 4.36. The molecule has 0 aromatic heterocycles. The molecule has 5 nitrogen and oxygen atoms in total. The first kappa shape index (κ1) is 16.3. The molecule has 5 heteroatoms. The Morgan fingerprint density at radius 2 is 1.95 bits per heavy atom. The maximum atomic E-state index is 12.2. The highest BCUT2D eigenvalue weighted by Gasteiger charge is 2.39. The largest absolute Gasteiger partial charge is 0.379 e. The Bertz CT molecular complexity index is 365. The number of carbonyl (C=O) groups is 2. The molecule has 0 aromatic rings. The monoisotopic (exact) mass is 296 g/mol. The topological polar surface area (TPSA) is 58.6 Å². The van der Waals surface area contributed by atoms with Crippen molar-refractivity contribution in [1.82, 2.24) is 10.2 Å². The first-order chi connectivity index (χ1) is 10.1.